The van der Waals surface area contributed by atoms with Crippen LogP contribution in [0.2, 0.25) is 0 Å². The number of amides is 1. The quantitative estimate of drug-likeness (QED) is 0.163. The molecule has 1 fully saturated rings. The van der Waals surface area contributed by atoms with Crippen LogP contribution in [0, 0.1) is 0 Å². The van der Waals surface area contributed by atoms with E-state index >= 15 is 0 Å². The van der Waals surface area contributed by atoms with Gasteiger partial charge in [-0.3, -0.25) is 18.2 Å². The van der Waals surface area contributed by atoms with Crippen LogP contribution in [-0.2, 0) is 13.0 Å². The van der Waals surface area contributed by atoms with Crippen molar-refractivity contribution in [1.29, 1.82) is 0 Å². The van der Waals surface area contributed by atoms with Gasteiger partial charge in [0.25, 0.3) is 5.91 Å². The molecule has 3 aromatic carbocycles. The van der Waals surface area contributed by atoms with Gasteiger partial charge in [0.05, 0.1) is 36.8 Å². The average molecular weight is 634 g/mol. The summed E-state index contributed by atoms with van der Waals surface area (Å²) in [4.78, 5) is 13.7. The second kappa shape index (κ2) is 16.2. The Morgan fingerprint density at radius 1 is 0.977 bits per heavy atom. The van der Waals surface area contributed by atoms with Crippen LogP contribution in [0.3, 0.4) is 0 Å². The highest BCUT2D eigenvalue weighted by Crippen LogP contribution is 2.50. The first-order valence-electron chi connectivity index (χ1n) is 14.4. The lowest BCUT2D eigenvalue weighted by atomic mass is 10.00. The summed E-state index contributed by atoms with van der Waals surface area (Å²) in [5.74, 6) is 1.14. The molecule has 0 aliphatic carbocycles. The molecule has 0 unspecified atom stereocenters. The minimum absolute atomic E-state index is 0. The largest absolute Gasteiger partial charge is 0.497 e. The number of methoxy groups -OCH3 is 1. The fraction of sp³-hybridized carbons (Fsp3) is 0.406. The van der Waals surface area contributed by atoms with E-state index in [1.165, 1.54) is 0 Å². The fourth-order valence-corrected chi connectivity index (χ4v) is 6.67. The zero-order valence-corrected chi connectivity index (χ0v) is 26.6. The molecule has 0 bridgehead atoms. The lowest BCUT2D eigenvalue weighted by Gasteiger charge is -2.47. The second-order valence-corrected chi connectivity index (χ2v) is 13.0. The lowest BCUT2D eigenvalue weighted by Crippen LogP contribution is -2.48. The zero-order valence-electron chi connectivity index (χ0n) is 24.9. The van der Waals surface area contributed by atoms with Crippen LogP contribution >= 0.6 is 23.2 Å². The van der Waals surface area contributed by atoms with E-state index in [1.54, 1.807) is 29.6 Å². The summed E-state index contributed by atoms with van der Waals surface area (Å²) in [6, 6.07) is 21.9. The highest BCUT2D eigenvalue weighted by atomic mass is 35.5. The number of benzene rings is 3. The van der Waals surface area contributed by atoms with Crippen molar-refractivity contribution in [2.24, 2.45) is 0 Å². The molecule has 1 aliphatic rings. The van der Waals surface area contributed by atoms with Crippen LogP contribution in [0.15, 0.2) is 72.8 Å². The van der Waals surface area contributed by atoms with Gasteiger partial charge in [-0.2, -0.15) is 0 Å². The van der Waals surface area contributed by atoms with Crippen molar-refractivity contribution < 1.29 is 28.5 Å². The summed E-state index contributed by atoms with van der Waals surface area (Å²) in [5, 5.41) is 17.6. The van der Waals surface area contributed by atoms with E-state index in [2.05, 4.69) is 10.6 Å². The molecule has 1 saturated heterocycles. The maximum absolute atomic E-state index is 13.7. The van der Waals surface area contributed by atoms with E-state index < -0.39 is 22.9 Å². The first-order chi connectivity index (χ1) is 20.1. The van der Waals surface area contributed by atoms with E-state index in [4.69, 9.17) is 9.47 Å². The second-order valence-electron chi connectivity index (χ2n) is 10.8. The Labute approximate surface area is 262 Å². The minimum Gasteiger partial charge on any atom is -0.497 e. The van der Waals surface area contributed by atoms with Crippen LogP contribution < -0.4 is 24.4 Å². The average Bonchev–Trinajstić information content (AvgIpc) is 2.96. The molecule has 236 valence electrons. The SMILES string of the molecule is COc1cccc(CNC[C@H](O)[C@H](Cc2ccccc2)NC(=O)c2cc(OC(C)C)cc(N3CCCCS3(O)O)c2)c1.Cl. The Hall–Kier alpha value is -2.99. The molecule has 5 N–H and O–H groups in total. The molecule has 0 aromatic heterocycles. The zero-order chi connectivity index (χ0) is 30.1. The van der Waals surface area contributed by atoms with Crippen molar-refractivity contribution in [1.82, 2.24) is 10.6 Å². The van der Waals surface area contributed by atoms with Gasteiger partial charge in [-0.1, -0.05) is 42.5 Å². The molecule has 43 heavy (non-hydrogen) atoms. The number of nitrogens with one attached hydrogen (secondary N) is 2. The van der Waals surface area contributed by atoms with Crippen LogP contribution in [0.5, 0.6) is 11.5 Å². The molecule has 3 aromatic rings. The topological polar surface area (TPSA) is 124 Å². The predicted octanol–water partition coefficient (Wildman–Crippen LogP) is 5.66. The molecule has 0 spiro atoms. The Bertz CT molecular complexity index is 1310. The molecule has 1 aliphatic heterocycles. The number of carbonyl (C=O) groups excluding carboxylic acids is 1. The van der Waals surface area contributed by atoms with Gasteiger partial charge in [0.1, 0.15) is 11.5 Å². The molecular formula is C32H44ClN3O6S. The number of carbonyl (C=O) groups is 1. The molecule has 2 atom stereocenters. The summed E-state index contributed by atoms with van der Waals surface area (Å²) in [6.07, 6.45) is 0.959. The summed E-state index contributed by atoms with van der Waals surface area (Å²) < 4.78 is 34.3. The van der Waals surface area contributed by atoms with Crippen molar-refractivity contribution in [2.75, 3.05) is 30.3 Å². The van der Waals surface area contributed by atoms with E-state index in [0.29, 0.717) is 36.5 Å². The highest BCUT2D eigenvalue weighted by Gasteiger charge is 2.29. The van der Waals surface area contributed by atoms with Crippen molar-refractivity contribution in [3.05, 3.63) is 89.5 Å². The maximum atomic E-state index is 13.7. The Balaban J connectivity index is 0.00000506. The maximum Gasteiger partial charge on any atom is 0.251 e. The molecule has 1 amide bonds. The van der Waals surface area contributed by atoms with Crippen LogP contribution in [0.25, 0.3) is 0 Å². The van der Waals surface area contributed by atoms with Crippen LogP contribution in [-0.4, -0.2) is 64.3 Å². The first kappa shape index (κ1) is 34.5. The molecular weight excluding hydrogens is 590 g/mol. The molecule has 0 radical (unpaired) electrons. The fourth-order valence-electron chi connectivity index (χ4n) is 5.00. The van der Waals surface area contributed by atoms with Crippen molar-refractivity contribution in [2.45, 2.75) is 57.9 Å². The van der Waals surface area contributed by atoms with Gasteiger partial charge < -0.3 is 25.2 Å². The van der Waals surface area contributed by atoms with Gasteiger partial charge in [0.2, 0.25) is 0 Å². The van der Waals surface area contributed by atoms with Gasteiger partial charge in [0.15, 0.2) is 0 Å². The highest BCUT2D eigenvalue weighted by molar-refractivity contribution is 8.25. The number of hydrogen-bond donors (Lipinski definition) is 5. The molecule has 9 nitrogen and oxygen atoms in total. The number of aliphatic hydroxyl groups is 1. The van der Waals surface area contributed by atoms with Crippen molar-refractivity contribution >= 4 is 34.8 Å². The normalized spacial score (nSPS) is 16.5. The Kier molecular flexibility index (Phi) is 13.0. The predicted molar refractivity (Wildman–Crippen MR) is 176 cm³/mol. The summed E-state index contributed by atoms with van der Waals surface area (Å²) >= 11 is 0. The molecule has 1 heterocycles. The number of nitrogens with zero attached hydrogens (tertiary/aromatic N) is 1. The molecule has 11 heteroatoms. The van der Waals surface area contributed by atoms with E-state index in [0.717, 1.165) is 29.7 Å². The van der Waals surface area contributed by atoms with Gasteiger partial charge in [-0.05, 0) is 68.5 Å². The summed E-state index contributed by atoms with van der Waals surface area (Å²) in [6.45, 7) is 5.05. The third-order valence-corrected chi connectivity index (χ3v) is 9.03. The third-order valence-electron chi connectivity index (χ3n) is 7.09. The standard InChI is InChI=1S/C32H43N3O6S.ClH/c1-23(2)41-29-19-26(18-27(20-29)35-14-7-8-15-42(35,38)39)32(37)34-30(17-24-10-5-4-6-11-24)31(36)22-33-21-25-12-9-13-28(16-25)40-3;/h4-6,9-13,16,18-20,23,30-31,33,36,38-39H,7-8,14-15,17,21-22H2,1-3H3,(H,34,37);1H/t30-,31-;/m0./s1. The number of ether oxygens (including phenoxy) is 2. The van der Waals surface area contributed by atoms with Gasteiger partial charge in [-0.15, -0.1) is 23.2 Å². The minimum atomic E-state index is -2.99. The number of anilines is 1. The van der Waals surface area contributed by atoms with Gasteiger partial charge >= 0.3 is 0 Å². The number of aliphatic hydroxyl groups excluding tert-OH is 1. The number of halogens is 1. The monoisotopic (exact) mass is 633 g/mol. The number of hydrogen-bond acceptors (Lipinski definition) is 8. The first-order valence-corrected chi connectivity index (χ1v) is 16.0. The Morgan fingerprint density at radius 2 is 1.72 bits per heavy atom. The van der Waals surface area contributed by atoms with Gasteiger partial charge in [-0.25, -0.2) is 0 Å². The van der Waals surface area contributed by atoms with Crippen LogP contribution in [0.1, 0.15) is 48.2 Å². The molecule has 4 rings (SSSR count). The lowest BCUT2D eigenvalue weighted by molar-refractivity contribution is 0.0829. The van der Waals surface area contributed by atoms with E-state index in [9.17, 15) is 19.0 Å². The summed E-state index contributed by atoms with van der Waals surface area (Å²) in [7, 11) is -1.37. The van der Waals surface area contributed by atoms with E-state index in [-0.39, 0.29) is 36.7 Å². The van der Waals surface area contributed by atoms with Crippen LogP contribution in [0.4, 0.5) is 5.69 Å². The smallest absolute Gasteiger partial charge is 0.251 e. The third kappa shape index (κ3) is 10.0. The van der Waals surface area contributed by atoms with Crippen molar-refractivity contribution in [3.8, 4) is 11.5 Å². The summed E-state index contributed by atoms with van der Waals surface area (Å²) in [5.41, 5.74) is 2.84. The van der Waals surface area contributed by atoms with E-state index in [1.807, 2.05) is 68.4 Å². The number of rotatable bonds is 13. The van der Waals surface area contributed by atoms with Gasteiger partial charge in [0, 0.05) is 31.3 Å². The Morgan fingerprint density at radius 3 is 2.42 bits per heavy atom. The van der Waals surface area contributed by atoms with Crippen molar-refractivity contribution in [3.63, 3.8) is 0 Å². The molecule has 0 saturated carbocycles.